The van der Waals surface area contributed by atoms with Gasteiger partial charge >= 0.3 is 0 Å². The molecular formula is C15H21N. The summed E-state index contributed by atoms with van der Waals surface area (Å²) < 4.78 is 0. The van der Waals surface area contributed by atoms with Crippen molar-refractivity contribution in [2.45, 2.75) is 32.1 Å². The average molecular weight is 215 g/mol. The monoisotopic (exact) mass is 215 g/mol. The van der Waals surface area contributed by atoms with E-state index in [0.717, 1.165) is 18.4 Å². The van der Waals surface area contributed by atoms with Gasteiger partial charge in [-0.05, 0) is 47.6 Å². The number of rotatable bonds is 3. The molecule has 0 bridgehead atoms. The van der Waals surface area contributed by atoms with Crippen molar-refractivity contribution in [2.75, 3.05) is 6.54 Å². The third kappa shape index (κ3) is 1.21. The van der Waals surface area contributed by atoms with E-state index in [1.807, 2.05) is 0 Å². The predicted octanol–water partition coefficient (Wildman–Crippen LogP) is 2.95. The van der Waals surface area contributed by atoms with Crippen molar-refractivity contribution < 1.29 is 0 Å². The highest BCUT2D eigenvalue weighted by atomic mass is 14.8. The molecule has 3 rings (SSSR count). The lowest BCUT2D eigenvalue weighted by Crippen LogP contribution is -2.14. The molecule has 2 fully saturated rings. The highest BCUT2D eigenvalue weighted by molar-refractivity contribution is 5.37. The van der Waals surface area contributed by atoms with Crippen LogP contribution in [0.3, 0.4) is 0 Å². The maximum absolute atomic E-state index is 5.90. The number of benzene rings is 1. The maximum Gasteiger partial charge on any atom is -0.000960 e. The molecule has 16 heavy (non-hydrogen) atoms. The normalized spacial score (nSPS) is 33.4. The van der Waals surface area contributed by atoms with Crippen LogP contribution in [0.1, 0.15) is 32.3 Å². The minimum Gasteiger partial charge on any atom is -0.330 e. The first-order valence-electron chi connectivity index (χ1n) is 6.38. The van der Waals surface area contributed by atoms with Gasteiger partial charge < -0.3 is 5.73 Å². The maximum atomic E-state index is 5.90. The van der Waals surface area contributed by atoms with E-state index >= 15 is 0 Å². The van der Waals surface area contributed by atoms with Crippen LogP contribution in [0.5, 0.6) is 0 Å². The zero-order chi connectivity index (χ0) is 11.4. The van der Waals surface area contributed by atoms with E-state index in [4.69, 9.17) is 5.73 Å². The number of hydrogen-bond donors (Lipinski definition) is 1. The van der Waals surface area contributed by atoms with E-state index < -0.39 is 0 Å². The van der Waals surface area contributed by atoms with E-state index in [0.29, 0.717) is 10.8 Å². The number of nitrogens with two attached hydrogens (primary N) is 1. The quantitative estimate of drug-likeness (QED) is 0.824. The molecule has 0 aromatic heterocycles. The predicted molar refractivity (Wildman–Crippen MR) is 67.2 cm³/mol. The first-order chi connectivity index (χ1) is 7.63. The molecule has 86 valence electrons. The van der Waals surface area contributed by atoms with Crippen LogP contribution in [0, 0.1) is 17.3 Å². The zero-order valence-corrected chi connectivity index (χ0v) is 10.2. The molecule has 1 aromatic carbocycles. The van der Waals surface area contributed by atoms with Gasteiger partial charge in [-0.2, -0.15) is 0 Å². The van der Waals surface area contributed by atoms with Crippen LogP contribution in [-0.2, 0) is 5.41 Å². The molecule has 1 heteroatoms. The lowest BCUT2D eigenvalue weighted by molar-refractivity contribution is 0.468. The van der Waals surface area contributed by atoms with E-state index in [9.17, 15) is 0 Å². The van der Waals surface area contributed by atoms with E-state index in [-0.39, 0.29) is 0 Å². The van der Waals surface area contributed by atoms with Crippen LogP contribution in [0.4, 0.5) is 0 Å². The van der Waals surface area contributed by atoms with Gasteiger partial charge in [-0.25, -0.2) is 0 Å². The van der Waals surface area contributed by atoms with Crippen LogP contribution in [0.15, 0.2) is 30.3 Å². The summed E-state index contributed by atoms with van der Waals surface area (Å²) in [6.07, 6.45) is 2.73. The second-order valence-electron chi connectivity index (χ2n) is 6.16. The molecule has 1 nitrogen and oxygen atoms in total. The third-order valence-corrected chi connectivity index (χ3v) is 5.04. The van der Waals surface area contributed by atoms with Crippen molar-refractivity contribution in [3.8, 4) is 0 Å². The highest BCUT2D eigenvalue weighted by Gasteiger charge is 2.69. The first kappa shape index (κ1) is 10.3. The Labute approximate surface area is 98.0 Å². The molecular weight excluding hydrogens is 194 g/mol. The molecule has 0 aliphatic heterocycles. The fourth-order valence-electron chi connectivity index (χ4n) is 3.97. The zero-order valence-electron chi connectivity index (χ0n) is 10.2. The fraction of sp³-hybridized carbons (Fsp3) is 0.600. The fourth-order valence-corrected chi connectivity index (χ4v) is 3.97. The standard InChI is InChI=1S/C15H21N/c1-14(2)12(10-16)13(14)15(8-9-15)11-6-4-3-5-7-11/h3-7,12-13H,8-10,16H2,1-2H3/t12-,13-/m1/s1. The first-order valence-corrected chi connectivity index (χ1v) is 6.38. The molecule has 0 spiro atoms. The van der Waals surface area contributed by atoms with E-state index in [1.165, 1.54) is 12.8 Å². The van der Waals surface area contributed by atoms with Gasteiger partial charge in [0.25, 0.3) is 0 Å². The highest BCUT2D eigenvalue weighted by Crippen LogP contribution is 2.73. The smallest absolute Gasteiger partial charge is 0.000960 e. The van der Waals surface area contributed by atoms with Crippen LogP contribution < -0.4 is 5.73 Å². The summed E-state index contributed by atoms with van der Waals surface area (Å²) in [5.74, 6) is 1.54. The molecule has 2 N–H and O–H groups in total. The minimum atomic E-state index is 0.459. The minimum absolute atomic E-state index is 0.459. The van der Waals surface area contributed by atoms with Crippen molar-refractivity contribution in [2.24, 2.45) is 23.0 Å². The molecule has 0 heterocycles. The van der Waals surface area contributed by atoms with Crippen LogP contribution >= 0.6 is 0 Å². The Balaban J connectivity index is 1.92. The summed E-state index contributed by atoms with van der Waals surface area (Å²) in [6.45, 7) is 5.63. The molecule has 2 aliphatic rings. The number of hydrogen-bond acceptors (Lipinski definition) is 1. The van der Waals surface area contributed by atoms with Crippen molar-refractivity contribution in [1.82, 2.24) is 0 Å². The summed E-state index contributed by atoms with van der Waals surface area (Å²) in [5, 5.41) is 0. The average Bonchev–Trinajstić information content (AvgIpc) is 3.15. The summed E-state index contributed by atoms with van der Waals surface area (Å²) >= 11 is 0. The van der Waals surface area contributed by atoms with Gasteiger partial charge in [0.05, 0.1) is 0 Å². The third-order valence-electron chi connectivity index (χ3n) is 5.04. The molecule has 1 aromatic rings. The van der Waals surface area contributed by atoms with Gasteiger partial charge in [0.15, 0.2) is 0 Å². The molecule has 0 unspecified atom stereocenters. The molecule has 2 aliphatic carbocycles. The Morgan fingerprint density at radius 2 is 1.81 bits per heavy atom. The summed E-state index contributed by atoms with van der Waals surface area (Å²) in [4.78, 5) is 0. The van der Waals surface area contributed by atoms with Crippen molar-refractivity contribution in [3.05, 3.63) is 35.9 Å². The summed E-state index contributed by atoms with van der Waals surface area (Å²) in [7, 11) is 0. The molecule has 2 atom stereocenters. The van der Waals surface area contributed by atoms with Gasteiger partial charge in [0.1, 0.15) is 0 Å². The molecule has 0 saturated heterocycles. The van der Waals surface area contributed by atoms with Gasteiger partial charge in [0, 0.05) is 0 Å². The lowest BCUT2D eigenvalue weighted by atomic mass is 9.87. The van der Waals surface area contributed by atoms with Gasteiger partial charge in [-0.15, -0.1) is 0 Å². The van der Waals surface area contributed by atoms with Crippen molar-refractivity contribution >= 4 is 0 Å². The Kier molecular flexibility index (Phi) is 2.00. The SMILES string of the molecule is CC1(C)[C@H](CN)[C@H]1C1(c2ccccc2)CC1. The molecule has 0 amide bonds. The summed E-state index contributed by atoms with van der Waals surface area (Å²) in [5.41, 5.74) is 8.39. The Hall–Kier alpha value is -0.820. The molecule has 2 saturated carbocycles. The van der Waals surface area contributed by atoms with E-state index in [2.05, 4.69) is 44.2 Å². The van der Waals surface area contributed by atoms with Crippen LogP contribution in [0.25, 0.3) is 0 Å². The topological polar surface area (TPSA) is 26.0 Å². The Morgan fingerprint density at radius 3 is 2.25 bits per heavy atom. The van der Waals surface area contributed by atoms with Gasteiger partial charge in [-0.1, -0.05) is 44.2 Å². The largest absolute Gasteiger partial charge is 0.330 e. The molecule has 0 radical (unpaired) electrons. The van der Waals surface area contributed by atoms with Crippen LogP contribution in [0.2, 0.25) is 0 Å². The Bertz CT molecular complexity index is 389. The second-order valence-corrected chi connectivity index (χ2v) is 6.16. The van der Waals surface area contributed by atoms with Crippen molar-refractivity contribution in [1.29, 1.82) is 0 Å². The second kappa shape index (κ2) is 3.10. The Morgan fingerprint density at radius 1 is 1.19 bits per heavy atom. The summed E-state index contributed by atoms with van der Waals surface area (Å²) in [6, 6.07) is 11.0. The van der Waals surface area contributed by atoms with Gasteiger partial charge in [-0.3, -0.25) is 0 Å². The van der Waals surface area contributed by atoms with Crippen molar-refractivity contribution in [3.63, 3.8) is 0 Å². The van der Waals surface area contributed by atoms with E-state index in [1.54, 1.807) is 5.56 Å². The lowest BCUT2D eigenvalue weighted by Gasteiger charge is -2.17. The van der Waals surface area contributed by atoms with Crippen LogP contribution in [-0.4, -0.2) is 6.54 Å². The van der Waals surface area contributed by atoms with Gasteiger partial charge in [0.2, 0.25) is 0 Å².